The summed E-state index contributed by atoms with van der Waals surface area (Å²) in [4.78, 5) is 4.72. The molecule has 0 radical (unpaired) electrons. The Balaban J connectivity index is 1.59. The van der Waals surface area contributed by atoms with Gasteiger partial charge in [-0.25, -0.2) is 8.42 Å². The molecule has 2 aromatic carbocycles. The monoisotopic (exact) mass is 369 g/mol. The quantitative estimate of drug-likeness (QED) is 0.742. The number of aromatic nitrogens is 2. The lowest BCUT2D eigenvalue weighted by Crippen LogP contribution is -2.44. The van der Waals surface area contributed by atoms with Gasteiger partial charge in [0.2, 0.25) is 0 Å². The van der Waals surface area contributed by atoms with Crippen LogP contribution in [0.4, 0.5) is 0 Å². The summed E-state index contributed by atoms with van der Waals surface area (Å²) in [6.45, 7) is 0. The Kier molecular flexibility index (Phi) is 4.13. The first-order chi connectivity index (χ1) is 12.5. The zero-order valence-corrected chi connectivity index (χ0v) is 14.9. The average Bonchev–Trinajstić information content (AvgIpc) is 3.11. The molecule has 1 aliphatic rings. The van der Waals surface area contributed by atoms with Crippen LogP contribution in [0.15, 0.2) is 64.0 Å². The van der Waals surface area contributed by atoms with E-state index in [1.807, 2.05) is 6.07 Å². The van der Waals surface area contributed by atoms with Gasteiger partial charge in [0.1, 0.15) is 0 Å². The summed E-state index contributed by atoms with van der Waals surface area (Å²) in [5.41, 5.74) is 7.09. The molecule has 0 atom stereocenters. The van der Waals surface area contributed by atoms with E-state index in [-0.39, 0.29) is 5.75 Å². The van der Waals surface area contributed by atoms with E-state index < -0.39 is 15.4 Å². The average molecular weight is 369 g/mol. The van der Waals surface area contributed by atoms with Crippen LogP contribution < -0.4 is 5.73 Å². The lowest BCUT2D eigenvalue weighted by Gasteiger charge is -2.34. The van der Waals surface area contributed by atoms with Gasteiger partial charge in [-0.3, -0.25) is 0 Å². The molecule has 0 bridgehead atoms. The third kappa shape index (κ3) is 3.15. The largest absolute Gasteiger partial charge is 0.334 e. The third-order valence-corrected chi connectivity index (χ3v) is 6.45. The molecular weight excluding hydrogens is 350 g/mol. The summed E-state index contributed by atoms with van der Waals surface area (Å²) >= 11 is 0. The predicted molar refractivity (Wildman–Crippen MR) is 96.8 cm³/mol. The van der Waals surface area contributed by atoms with Crippen molar-refractivity contribution in [2.45, 2.75) is 35.4 Å². The van der Waals surface area contributed by atoms with Gasteiger partial charge in [0.15, 0.2) is 15.7 Å². The first kappa shape index (κ1) is 16.9. The molecular formula is C19H19N3O3S. The molecule has 134 valence electrons. The molecule has 1 heterocycles. The second-order valence-corrected chi connectivity index (χ2v) is 8.69. The summed E-state index contributed by atoms with van der Waals surface area (Å²) in [5.74, 6) is 0.781. The fourth-order valence-corrected chi connectivity index (χ4v) is 4.41. The molecule has 0 amide bonds. The highest BCUT2D eigenvalue weighted by molar-refractivity contribution is 7.90. The van der Waals surface area contributed by atoms with Crippen molar-refractivity contribution >= 4 is 9.84 Å². The normalized spacial score (nSPS) is 16.2. The fraction of sp³-hybridized carbons (Fsp3) is 0.263. The smallest absolute Gasteiger partial charge is 0.258 e. The molecule has 0 aliphatic heterocycles. The Morgan fingerprint density at radius 3 is 2.54 bits per heavy atom. The molecule has 2 N–H and O–H groups in total. The Morgan fingerprint density at radius 2 is 1.85 bits per heavy atom. The van der Waals surface area contributed by atoms with Crippen LogP contribution in [0, 0.1) is 0 Å². The Hall–Kier alpha value is -2.51. The number of benzene rings is 2. The van der Waals surface area contributed by atoms with Crippen LogP contribution in [0.5, 0.6) is 0 Å². The van der Waals surface area contributed by atoms with Gasteiger partial charge in [0, 0.05) is 5.56 Å². The molecule has 3 aromatic rings. The van der Waals surface area contributed by atoms with E-state index >= 15 is 0 Å². The predicted octanol–water partition coefficient (Wildman–Crippen LogP) is 3.05. The van der Waals surface area contributed by atoms with Crippen LogP contribution in [0.1, 0.15) is 30.7 Å². The number of nitrogens with zero attached hydrogens (tertiary/aromatic N) is 2. The summed E-state index contributed by atoms with van der Waals surface area (Å²) in [7, 11) is -3.41. The van der Waals surface area contributed by atoms with E-state index in [9.17, 15) is 8.42 Å². The van der Waals surface area contributed by atoms with Crippen LogP contribution in [-0.2, 0) is 21.1 Å². The SMILES string of the molecule is NC1(c2noc(-c3cccc(CS(=O)(=O)c4ccccc4)c3)n2)CCC1. The molecule has 0 unspecified atom stereocenters. The molecule has 0 saturated heterocycles. The summed E-state index contributed by atoms with van der Waals surface area (Å²) in [6, 6.07) is 15.6. The van der Waals surface area contributed by atoms with Gasteiger partial charge in [0.25, 0.3) is 5.89 Å². The maximum absolute atomic E-state index is 12.6. The minimum absolute atomic E-state index is 0.0906. The van der Waals surface area contributed by atoms with E-state index in [1.165, 1.54) is 0 Å². The Morgan fingerprint density at radius 1 is 1.08 bits per heavy atom. The van der Waals surface area contributed by atoms with Crippen LogP contribution in [0.3, 0.4) is 0 Å². The first-order valence-corrected chi connectivity index (χ1v) is 10.1. The molecule has 1 fully saturated rings. The Bertz CT molecular complexity index is 1020. The Labute approximate surface area is 152 Å². The van der Waals surface area contributed by atoms with Crippen LogP contribution in [0.25, 0.3) is 11.5 Å². The van der Waals surface area contributed by atoms with Crippen molar-refractivity contribution in [3.05, 3.63) is 66.0 Å². The van der Waals surface area contributed by atoms with E-state index in [0.29, 0.717) is 27.7 Å². The van der Waals surface area contributed by atoms with Gasteiger partial charge in [-0.15, -0.1) is 0 Å². The molecule has 6 nitrogen and oxygen atoms in total. The van der Waals surface area contributed by atoms with Gasteiger partial charge in [-0.1, -0.05) is 35.5 Å². The van der Waals surface area contributed by atoms with E-state index in [1.54, 1.807) is 48.5 Å². The summed E-state index contributed by atoms with van der Waals surface area (Å²) in [5, 5.41) is 4.01. The van der Waals surface area contributed by atoms with E-state index in [0.717, 1.165) is 19.3 Å². The maximum Gasteiger partial charge on any atom is 0.258 e. The standard InChI is InChI=1S/C19H19N3O3S/c20-19(10-5-11-19)18-21-17(25-22-18)15-7-4-6-14(12-15)13-26(23,24)16-8-2-1-3-9-16/h1-4,6-9,12H,5,10-11,13,20H2. The molecule has 1 aromatic heterocycles. The highest BCUT2D eigenvalue weighted by Crippen LogP contribution is 2.37. The van der Waals surface area contributed by atoms with Gasteiger partial charge in [-0.05, 0) is 49.1 Å². The van der Waals surface area contributed by atoms with E-state index in [2.05, 4.69) is 10.1 Å². The molecule has 4 rings (SSSR count). The maximum atomic E-state index is 12.6. The van der Waals surface area contributed by atoms with Crippen molar-refractivity contribution in [2.24, 2.45) is 5.73 Å². The van der Waals surface area contributed by atoms with Crippen molar-refractivity contribution in [3.8, 4) is 11.5 Å². The van der Waals surface area contributed by atoms with Gasteiger partial charge < -0.3 is 10.3 Å². The van der Waals surface area contributed by atoms with Crippen molar-refractivity contribution in [2.75, 3.05) is 0 Å². The van der Waals surface area contributed by atoms with Crippen LogP contribution in [-0.4, -0.2) is 18.6 Å². The van der Waals surface area contributed by atoms with Crippen molar-refractivity contribution in [1.82, 2.24) is 10.1 Å². The van der Waals surface area contributed by atoms with Gasteiger partial charge >= 0.3 is 0 Å². The van der Waals surface area contributed by atoms with Gasteiger partial charge in [-0.2, -0.15) is 4.98 Å². The molecule has 1 aliphatic carbocycles. The van der Waals surface area contributed by atoms with Crippen LogP contribution >= 0.6 is 0 Å². The minimum atomic E-state index is -3.41. The van der Waals surface area contributed by atoms with E-state index in [4.69, 9.17) is 10.3 Å². The lowest BCUT2D eigenvalue weighted by atomic mass is 9.77. The lowest BCUT2D eigenvalue weighted by molar-refractivity contribution is 0.229. The van der Waals surface area contributed by atoms with Crippen molar-refractivity contribution in [3.63, 3.8) is 0 Å². The fourth-order valence-electron chi connectivity index (χ4n) is 3.05. The number of hydrogen-bond donors (Lipinski definition) is 1. The zero-order chi connectivity index (χ0) is 18.2. The highest BCUT2D eigenvalue weighted by Gasteiger charge is 2.39. The number of nitrogens with two attached hydrogens (primary N) is 1. The minimum Gasteiger partial charge on any atom is -0.334 e. The molecule has 7 heteroatoms. The number of sulfone groups is 1. The van der Waals surface area contributed by atoms with Crippen LogP contribution in [0.2, 0.25) is 0 Å². The summed E-state index contributed by atoms with van der Waals surface area (Å²) in [6.07, 6.45) is 2.76. The van der Waals surface area contributed by atoms with Gasteiger partial charge in [0.05, 0.1) is 16.2 Å². The summed E-state index contributed by atoms with van der Waals surface area (Å²) < 4.78 is 30.5. The number of hydrogen-bond acceptors (Lipinski definition) is 6. The first-order valence-electron chi connectivity index (χ1n) is 8.47. The highest BCUT2D eigenvalue weighted by atomic mass is 32.2. The number of rotatable bonds is 5. The van der Waals surface area contributed by atoms with Crippen molar-refractivity contribution in [1.29, 1.82) is 0 Å². The molecule has 26 heavy (non-hydrogen) atoms. The zero-order valence-electron chi connectivity index (χ0n) is 14.1. The third-order valence-electron chi connectivity index (χ3n) is 4.75. The molecule has 0 spiro atoms. The second kappa shape index (κ2) is 6.34. The molecule has 1 saturated carbocycles. The topological polar surface area (TPSA) is 99.1 Å². The van der Waals surface area contributed by atoms with Crippen molar-refractivity contribution < 1.29 is 12.9 Å². The second-order valence-electron chi connectivity index (χ2n) is 6.71.